The van der Waals surface area contributed by atoms with Crippen LogP contribution < -0.4 is 5.43 Å². The maximum absolute atomic E-state index is 12.2. The molecule has 2 atom stereocenters. The highest BCUT2D eigenvalue weighted by molar-refractivity contribution is 6.30. The van der Waals surface area contributed by atoms with Crippen molar-refractivity contribution in [3.63, 3.8) is 0 Å². The topological polar surface area (TPSA) is 41.5 Å². The number of hydrogen-bond acceptors (Lipinski definition) is 2. The van der Waals surface area contributed by atoms with Gasteiger partial charge in [0.05, 0.1) is 6.21 Å². The van der Waals surface area contributed by atoms with Crippen LogP contribution in [0.25, 0.3) is 0 Å². The largest absolute Gasteiger partial charge is 0.273 e. The molecule has 4 heteroatoms. The minimum absolute atomic E-state index is 0.0165. The maximum atomic E-state index is 12.2. The maximum Gasteiger partial charge on any atom is 0.243 e. The molecule has 3 nitrogen and oxygen atoms in total. The summed E-state index contributed by atoms with van der Waals surface area (Å²) in [5.41, 5.74) is 6.23. The van der Waals surface area contributed by atoms with E-state index in [1.807, 2.05) is 12.1 Å². The van der Waals surface area contributed by atoms with E-state index in [1.54, 1.807) is 18.3 Å². The highest BCUT2D eigenvalue weighted by atomic mass is 35.5. The van der Waals surface area contributed by atoms with Gasteiger partial charge in [0.2, 0.25) is 5.91 Å². The molecule has 25 heavy (non-hydrogen) atoms. The molecule has 130 valence electrons. The van der Waals surface area contributed by atoms with Gasteiger partial charge < -0.3 is 0 Å². The molecular weight excluding hydrogens is 332 g/mol. The van der Waals surface area contributed by atoms with Crippen LogP contribution in [0.2, 0.25) is 5.02 Å². The molecule has 1 aliphatic carbocycles. The lowest BCUT2D eigenvalue weighted by atomic mass is 9.86. The van der Waals surface area contributed by atoms with Gasteiger partial charge >= 0.3 is 0 Å². The predicted octanol–water partition coefficient (Wildman–Crippen LogP) is 4.89. The lowest BCUT2D eigenvalue weighted by molar-refractivity contribution is -0.122. The van der Waals surface area contributed by atoms with Crippen LogP contribution in [0.4, 0.5) is 0 Å². The highest BCUT2D eigenvalue weighted by Crippen LogP contribution is 2.47. The molecule has 0 aliphatic heterocycles. The summed E-state index contributed by atoms with van der Waals surface area (Å²) in [5, 5.41) is 4.72. The van der Waals surface area contributed by atoms with E-state index >= 15 is 0 Å². The zero-order valence-electron chi connectivity index (χ0n) is 14.8. The second-order valence-corrected chi connectivity index (χ2v) is 8.04. The van der Waals surface area contributed by atoms with Gasteiger partial charge in [-0.1, -0.05) is 68.8 Å². The average molecular weight is 355 g/mol. The number of nitrogens with zero attached hydrogens (tertiary/aromatic N) is 1. The van der Waals surface area contributed by atoms with E-state index in [1.165, 1.54) is 11.1 Å². The molecule has 0 bridgehead atoms. The van der Waals surface area contributed by atoms with Gasteiger partial charge in [0.1, 0.15) is 0 Å². The number of rotatable bonds is 4. The fourth-order valence-corrected chi connectivity index (χ4v) is 3.01. The fraction of sp³-hybridized carbons (Fsp3) is 0.333. The van der Waals surface area contributed by atoms with Crippen LogP contribution in [0.5, 0.6) is 0 Å². The summed E-state index contributed by atoms with van der Waals surface area (Å²) < 4.78 is 0. The third kappa shape index (κ3) is 4.49. The number of nitrogens with one attached hydrogen (secondary N) is 1. The normalized spacial score (nSPS) is 19.8. The lowest BCUT2D eigenvalue weighted by Crippen LogP contribution is -2.20. The summed E-state index contributed by atoms with van der Waals surface area (Å²) in [5.74, 6) is 0.303. The quantitative estimate of drug-likeness (QED) is 0.616. The molecule has 0 heterocycles. The first-order chi connectivity index (χ1) is 11.8. The van der Waals surface area contributed by atoms with E-state index in [-0.39, 0.29) is 17.2 Å². The van der Waals surface area contributed by atoms with Crippen LogP contribution in [-0.2, 0) is 10.2 Å². The number of carbonyl (C=O) groups is 1. The summed E-state index contributed by atoms with van der Waals surface area (Å²) in [6.07, 6.45) is 2.51. The first-order valence-corrected chi connectivity index (χ1v) is 8.91. The number of amides is 1. The molecule has 0 radical (unpaired) electrons. The molecule has 1 N–H and O–H groups in total. The van der Waals surface area contributed by atoms with Gasteiger partial charge in [0.25, 0.3) is 0 Å². The Morgan fingerprint density at radius 2 is 1.76 bits per heavy atom. The Kier molecular flexibility index (Phi) is 4.96. The van der Waals surface area contributed by atoms with Gasteiger partial charge in [-0.3, -0.25) is 4.79 Å². The molecule has 0 unspecified atom stereocenters. The molecular formula is C21H23ClN2O. The standard InChI is InChI=1S/C21H23ClN2O/c1-21(2,3)16-8-6-15(7-9-16)18-12-19(18)20(25)24-23-13-14-4-10-17(22)11-5-14/h4-11,13,18-19H,12H2,1-3H3,(H,24,25)/b23-13-/t18-,19-/m0/s1. The first kappa shape index (κ1) is 17.7. The van der Waals surface area contributed by atoms with Gasteiger partial charge in [-0.2, -0.15) is 5.10 Å². The van der Waals surface area contributed by atoms with Crippen molar-refractivity contribution in [2.24, 2.45) is 11.0 Å². The van der Waals surface area contributed by atoms with Crippen molar-refractivity contribution in [1.82, 2.24) is 5.43 Å². The van der Waals surface area contributed by atoms with Crippen LogP contribution in [0.1, 0.15) is 49.8 Å². The Morgan fingerprint density at radius 1 is 1.12 bits per heavy atom. The third-order valence-electron chi connectivity index (χ3n) is 4.59. The summed E-state index contributed by atoms with van der Waals surface area (Å²) in [4.78, 5) is 12.2. The SMILES string of the molecule is CC(C)(C)c1ccc([C@@H]2C[C@@H]2C(=O)N/N=C\c2ccc(Cl)cc2)cc1. The van der Waals surface area contributed by atoms with Crippen molar-refractivity contribution in [1.29, 1.82) is 0 Å². The van der Waals surface area contributed by atoms with Gasteiger partial charge in [-0.25, -0.2) is 5.43 Å². The Hall–Kier alpha value is -2.13. The Labute approximate surface area is 154 Å². The van der Waals surface area contributed by atoms with Crippen molar-refractivity contribution in [2.45, 2.75) is 38.5 Å². The molecule has 1 fully saturated rings. The summed E-state index contributed by atoms with van der Waals surface area (Å²) in [6, 6.07) is 15.9. The average Bonchev–Trinajstić information content (AvgIpc) is 3.37. The highest BCUT2D eigenvalue weighted by Gasteiger charge is 2.43. The second kappa shape index (κ2) is 7.01. The zero-order valence-corrected chi connectivity index (χ0v) is 15.5. The van der Waals surface area contributed by atoms with Crippen molar-refractivity contribution >= 4 is 23.7 Å². The van der Waals surface area contributed by atoms with E-state index < -0.39 is 0 Å². The predicted molar refractivity (Wildman–Crippen MR) is 103 cm³/mol. The Bertz CT molecular complexity index is 773. The second-order valence-electron chi connectivity index (χ2n) is 7.61. The minimum Gasteiger partial charge on any atom is -0.273 e. The van der Waals surface area contributed by atoms with E-state index in [0.29, 0.717) is 10.9 Å². The lowest BCUT2D eigenvalue weighted by Gasteiger charge is -2.19. The van der Waals surface area contributed by atoms with Crippen molar-refractivity contribution in [3.8, 4) is 0 Å². The number of benzene rings is 2. The minimum atomic E-state index is -0.0184. The van der Waals surface area contributed by atoms with Crippen molar-refractivity contribution < 1.29 is 4.79 Å². The summed E-state index contributed by atoms with van der Waals surface area (Å²) >= 11 is 5.84. The monoisotopic (exact) mass is 354 g/mol. The molecule has 1 amide bonds. The molecule has 0 spiro atoms. The fourth-order valence-electron chi connectivity index (χ4n) is 2.89. The zero-order chi connectivity index (χ0) is 18.0. The van der Waals surface area contributed by atoms with Crippen LogP contribution >= 0.6 is 11.6 Å². The first-order valence-electron chi connectivity index (χ1n) is 8.53. The van der Waals surface area contributed by atoms with Gasteiger partial charge in [0.15, 0.2) is 0 Å². The van der Waals surface area contributed by atoms with Gasteiger partial charge in [-0.05, 0) is 46.6 Å². The Morgan fingerprint density at radius 3 is 2.36 bits per heavy atom. The molecule has 3 rings (SSSR count). The van der Waals surface area contributed by atoms with E-state index in [0.717, 1.165) is 12.0 Å². The number of hydrazone groups is 1. The molecule has 0 saturated heterocycles. The molecule has 2 aromatic rings. The van der Waals surface area contributed by atoms with Crippen LogP contribution in [0, 0.1) is 5.92 Å². The van der Waals surface area contributed by atoms with Crippen molar-refractivity contribution in [2.75, 3.05) is 0 Å². The Balaban J connectivity index is 1.54. The van der Waals surface area contributed by atoms with E-state index in [2.05, 4.69) is 55.6 Å². The summed E-state index contributed by atoms with van der Waals surface area (Å²) in [6.45, 7) is 6.61. The van der Waals surface area contributed by atoms with Crippen LogP contribution in [0.15, 0.2) is 53.6 Å². The number of carbonyl (C=O) groups excluding carboxylic acids is 1. The smallest absolute Gasteiger partial charge is 0.243 e. The molecule has 0 aromatic heterocycles. The number of hydrogen-bond donors (Lipinski definition) is 1. The molecule has 2 aromatic carbocycles. The van der Waals surface area contributed by atoms with E-state index in [4.69, 9.17) is 11.6 Å². The summed E-state index contributed by atoms with van der Waals surface area (Å²) in [7, 11) is 0. The van der Waals surface area contributed by atoms with E-state index in [9.17, 15) is 4.79 Å². The van der Waals surface area contributed by atoms with Gasteiger partial charge in [0, 0.05) is 10.9 Å². The molecule has 1 aliphatic rings. The van der Waals surface area contributed by atoms with Crippen molar-refractivity contribution in [3.05, 3.63) is 70.2 Å². The third-order valence-corrected chi connectivity index (χ3v) is 4.84. The molecule has 1 saturated carbocycles. The number of halogens is 1. The van der Waals surface area contributed by atoms with Crippen LogP contribution in [0.3, 0.4) is 0 Å². The van der Waals surface area contributed by atoms with Crippen LogP contribution in [-0.4, -0.2) is 12.1 Å². The van der Waals surface area contributed by atoms with Gasteiger partial charge in [-0.15, -0.1) is 0 Å².